The molecule has 6 nitrogen and oxygen atoms in total. The van der Waals surface area contributed by atoms with Crippen LogP contribution < -0.4 is 10.6 Å². The van der Waals surface area contributed by atoms with Crippen molar-refractivity contribution in [2.45, 2.75) is 59.6 Å². The fourth-order valence-electron chi connectivity index (χ4n) is 2.12. The first-order valence-electron chi connectivity index (χ1n) is 8.41. The van der Waals surface area contributed by atoms with Crippen molar-refractivity contribution in [2.24, 2.45) is 5.92 Å². The van der Waals surface area contributed by atoms with Crippen molar-refractivity contribution in [3.63, 3.8) is 0 Å². The SMILES string of the molecule is CC(C)Cc1ccc(C(=O)O[C@H](C)C(=O)NC(=O)NC(C)(C)C)cc1. The monoisotopic (exact) mass is 348 g/mol. The van der Waals surface area contributed by atoms with Gasteiger partial charge in [-0.25, -0.2) is 9.59 Å². The van der Waals surface area contributed by atoms with E-state index in [0.717, 1.165) is 12.0 Å². The summed E-state index contributed by atoms with van der Waals surface area (Å²) in [6.45, 7) is 11.1. The number of rotatable bonds is 5. The van der Waals surface area contributed by atoms with Gasteiger partial charge in [-0.3, -0.25) is 10.1 Å². The van der Waals surface area contributed by atoms with E-state index in [-0.39, 0.29) is 0 Å². The lowest BCUT2D eigenvalue weighted by atomic mass is 10.0. The topological polar surface area (TPSA) is 84.5 Å². The number of carbonyl (C=O) groups is 3. The van der Waals surface area contributed by atoms with Gasteiger partial charge in [0.1, 0.15) is 0 Å². The fourth-order valence-corrected chi connectivity index (χ4v) is 2.12. The molecule has 0 bridgehead atoms. The third-order valence-electron chi connectivity index (χ3n) is 3.21. The number of benzene rings is 1. The number of imide groups is 1. The Morgan fingerprint density at radius 2 is 1.60 bits per heavy atom. The van der Waals surface area contributed by atoms with Crippen LogP contribution >= 0.6 is 0 Å². The van der Waals surface area contributed by atoms with E-state index in [9.17, 15) is 14.4 Å². The van der Waals surface area contributed by atoms with Crippen LogP contribution in [0.2, 0.25) is 0 Å². The molecular formula is C19H28N2O4. The van der Waals surface area contributed by atoms with E-state index in [1.807, 2.05) is 12.1 Å². The van der Waals surface area contributed by atoms with Gasteiger partial charge in [-0.1, -0.05) is 26.0 Å². The van der Waals surface area contributed by atoms with Crippen LogP contribution in [0.15, 0.2) is 24.3 Å². The van der Waals surface area contributed by atoms with E-state index in [1.54, 1.807) is 32.9 Å². The number of urea groups is 1. The van der Waals surface area contributed by atoms with Crippen molar-refractivity contribution in [1.29, 1.82) is 0 Å². The van der Waals surface area contributed by atoms with Gasteiger partial charge >= 0.3 is 12.0 Å². The first-order chi connectivity index (χ1) is 11.5. The molecule has 0 aromatic heterocycles. The fraction of sp³-hybridized carbons (Fsp3) is 0.526. The second kappa shape index (κ2) is 8.65. The first kappa shape index (κ1) is 20.7. The summed E-state index contributed by atoms with van der Waals surface area (Å²) < 4.78 is 5.12. The van der Waals surface area contributed by atoms with Gasteiger partial charge in [0.05, 0.1) is 5.56 Å². The maximum absolute atomic E-state index is 12.1. The minimum atomic E-state index is -1.08. The summed E-state index contributed by atoms with van der Waals surface area (Å²) in [4.78, 5) is 35.7. The Hall–Kier alpha value is -2.37. The molecule has 0 radical (unpaired) electrons. The van der Waals surface area contributed by atoms with Gasteiger partial charge in [-0.15, -0.1) is 0 Å². The zero-order valence-corrected chi connectivity index (χ0v) is 15.8. The number of esters is 1. The van der Waals surface area contributed by atoms with Gasteiger partial charge in [0.2, 0.25) is 0 Å². The molecule has 0 aliphatic carbocycles. The van der Waals surface area contributed by atoms with Crippen LogP contribution in [0.4, 0.5) is 4.79 Å². The number of ether oxygens (including phenoxy) is 1. The lowest BCUT2D eigenvalue weighted by Crippen LogP contribution is -2.50. The van der Waals surface area contributed by atoms with E-state index in [2.05, 4.69) is 24.5 Å². The van der Waals surface area contributed by atoms with Crippen molar-refractivity contribution >= 4 is 17.9 Å². The van der Waals surface area contributed by atoms with Crippen molar-refractivity contribution in [3.05, 3.63) is 35.4 Å². The largest absolute Gasteiger partial charge is 0.449 e. The molecule has 25 heavy (non-hydrogen) atoms. The highest BCUT2D eigenvalue weighted by Gasteiger charge is 2.22. The standard InChI is InChI=1S/C19H28N2O4/c1-12(2)11-14-7-9-15(10-8-14)17(23)25-13(3)16(22)20-18(24)21-19(4,5)6/h7-10,12-13H,11H2,1-6H3,(H2,20,21,22,24)/t13-/m1/s1. The van der Waals surface area contributed by atoms with Gasteiger partial charge in [-0.2, -0.15) is 0 Å². The van der Waals surface area contributed by atoms with Crippen molar-refractivity contribution in [3.8, 4) is 0 Å². The third-order valence-corrected chi connectivity index (χ3v) is 3.21. The number of hydrogen-bond donors (Lipinski definition) is 2. The third kappa shape index (κ3) is 7.83. The molecule has 1 atom stereocenters. The van der Waals surface area contributed by atoms with E-state index < -0.39 is 29.6 Å². The summed E-state index contributed by atoms with van der Waals surface area (Å²) in [5.41, 5.74) is 1.03. The molecule has 0 aliphatic heterocycles. The van der Waals surface area contributed by atoms with E-state index in [1.165, 1.54) is 6.92 Å². The summed E-state index contributed by atoms with van der Waals surface area (Å²) in [5, 5.41) is 4.76. The zero-order valence-electron chi connectivity index (χ0n) is 15.8. The Bertz CT molecular complexity index is 615. The quantitative estimate of drug-likeness (QED) is 0.801. The smallest absolute Gasteiger partial charge is 0.338 e. The molecule has 2 N–H and O–H groups in total. The zero-order chi connectivity index (χ0) is 19.2. The molecule has 0 heterocycles. The molecule has 1 rings (SSSR count). The van der Waals surface area contributed by atoms with E-state index in [4.69, 9.17) is 4.74 Å². The molecule has 0 aliphatic rings. The van der Waals surface area contributed by atoms with Crippen LogP contribution in [-0.2, 0) is 16.0 Å². The molecule has 0 saturated heterocycles. The minimum Gasteiger partial charge on any atom is -0.449 e. The predicted octanol–water partition coefficient (Wildman–Crippen LogP) is 3.05. The number of carbonyl (C=O) groups excluding carboxylic acids is 3. The highest BCUT2D eigenvalue weighted by Crippen LogP contribution is 2.11. The first-order valence-corrected chi connectivity index (χ1v) is 8.41. The average Bonchev–Trinajstić information content (AvgIpc) is 2.44. The Balaban J connectivity index is 2.58. The molecule has 3 amide bonds. The average molecular weight is 348 g/mol. The number of hydrogen-bond acceptors (Lipinski definition) is 4. The molecule has 138 valence electrons. The van der Waals surface area contributed by atoms with Crippen molar-refractivity contribution < 1.29 is 19.1 Å². The molecule has 1 aromatic rings. The molecule has 0 saturated carbocycles. The van der Waals surface area contributed by atoms with Gasteiger partial charge in [0, 0.05) is 5.54 Å². The highest BCUT2D eigenvalue weighted by atomic mass is 16.5. The minimum absolute atomic E-state index is 0.367. The highest BCUT2D eigenvalue weighted by molar-refractivity contribution is 5.98. The summed E-state index contributed by atoms with van der Waals surface area (Å²) in [6, 6.07) is 6.47. The van der Waals surface area contributed by atoms with Crippen LogP contribution in [0.5, 0.6) is 0 Å². The normalized spacial score (nSPS) is 12.4. The second-order valence-corrected chi connectivity index (χ2v) is 7.54. The number of amides is 3. The Labute approximate surface area is 149 Å². The Morgan fingerprint density at radius 3 is 2.08 bits per heavy atom. The maximum Gasteiger partial charge on any atom is 0.338 e. The van der Waals surface area contributed by atoms with Crippen LogP contribution in [0.25, 0.3) is 0 Å². The van der Waals surface area contributed by atoms with Crippen molar-refractivity contribution in [1.82, 2.24) is 10.6 Å². The Kier molecular flexibility index (Phi) is 7.15. The molecule has 0 unspecified atom stereocenters. The summed E-state index contributed by atoms with van der Waals surface area (Å²) >= 11 is 0. The van der Waals surface area contributed by atoms with Crippen molar-refractivity contribution in [2.75, 3.05) is 0 Å². The van der Waals surface area contributed by atoms with E-state index >= 15 is 0 Å². The Morgan fingerprint density at radius 1 is 1.04 bits per heavy atom. The number of nitrogens with one attached hydrogen (secondary N) is 2. The lowest BCUT2D eigenvalue weighted by molar-refractivity contribution is -0.127. The second-order valence-electron chi connectivity index (χ2n) is 7.54. The molecule has 1 aromatic carbocycles. The lowest BCUT2D eigenvalue weighted by Gasteiger charge is -2.21. The van der Waals surface area contributed by atoms with Crippen LogP contribution in [-0.4, -0.2) is 29.6 Å². The van der Waals surface area contributed by atoms with Crippen LogP contribution in [0, 0.1) is 5.92 Å². The predicted molar refractivity (Wildman–Crippen MR) is 96.3 cm³/mol. The van der Waals surface area contributed by atoms with E-state index in [0.29, 0.717) is 11.5 Å². The molecular weight excluding hydrogens is 320 g/mol. The maximum atomic E-state index is 12.1. The summed E-state index contributed by atoms with van der Waals surface area (Å²) in [5.74, 6) is -0.748. The molecule has 6 heteroatoms. The van der Waals surface area contributed by atoms with Gasteiger partial charge in [0.25, 0.3) is 5.91 Å². The van der Waals surface area contributed by atoms with Gasteiger partial charge in [0.15, 0.2) is 6.10 Å². The van der Waals surface area contributed by atoms with Gasteiger partial charge in [-0.05, 0) is 57.7 Å². The molecule has 0 fully saturated rings. The van der Waals surface area contributed by atoms with Gasteiger partial charge < -0.3 is 10.1 Å². The summed E-state index contributed by atoms with van der Waals surface area (Å²) in [7, 11) is 0. The van der Waals surface area contributed by atoms with Crippen LogP contribution in [0.1, 0.15) is 57.5 Å². The molecule has 0 spiro atoms. The van der Waals surface area contributed by atoms with Crippen LogP contribution in [0.3, 0.4) is 0 Å². The summed E-state index contributed by atoms with van der Waals surface area (Å²) in [6.07, 6.45) is -0.148.